The third-order valence-electron chi connectivity index (χ3n) is 5.61. The van der Waals surface area contributed by atoms with Crippen molar-refractivity contribution < 1.29 is 102 Å². The summed E-state index contributed by atoms with van der Waals surface area (Å²) in [5, 5.41) is 112. The summed E-state index contributed by atoms with van der Waals surface area (Å²) in [4.78, 5) is 40.5. The van der Waals surface area contributed by atoms with E-state index in [1.807, 2.05) is 0 Å². The molecule has 0 unspecified atom stereocenters. The van der Waals surface area contributed by atoms with Gasteiger partial charge in [0.25, 0.3) is 0 Å². The van der Waals surface area contributed by atoms with Gasteiger partial charge in [0.05, 0.1) is 0 Å². The first-order valence-corrected chi connectivity index (χ1v) is 14.0. The normalized spacial score (nSPS) is 10.3. The summed E-state index contributed by atoms with van der Waals surface area (Å²) >= 11 is 0. The molecule has 4 aromatic rings. The third kappa shape index (κ3) is 19.6. The fourth-order valence-electron chi connectivity index (χ4n) is 3.22. The summed E-state index contributed by atoms with van der Waals surface area (Å²) < 4.78 is 0. The van der Waals surface area contributed by atoms with E-state index in [0.717, 1.165) is 24.3 Å². The predicted molar refractivity (Wildman–Crippen MR) is 177 cm³/mol. The van der Waals surface area contributed by atoms with Crippen molar-refractivity contribution in [2.45, 2.75) is 0 Å². The van der Waals surface area contributed by atoms with E-state index in [9.17, 15) is 39.6 Å². The molecule has 0 spiro atoms. The van der Waals surface area contributed by atoms with Gasteiger partial charge >= 0.3 is 45.6 Å². The summed E-state index contributed by atoms with van der Waals surface area (Å²) in [6, 6.07) is 15.3. The molecule has 16 nitrogen and oxygen atoms in total. The molecule has 0 saturated heterocycles. The second-order valence-electron chi connectivity index (χ2n) is 9.59. The molecule has 0 aliphatic rings. The number of phenols is 4. The summed E-state index contributed by atoms with van der Waals surface area (Å²) in [7, 11) is 0. The molecule has 0 saturated carbocycles. The molecule has 53 heavy (non-hydrogen) atoms. The molecule has 0 aromatic heterocycles. The van der Waals surface area contributed by atoms with Crippen molar-refractivity contribution in [3.8, 4) is 46.0 Å². The molecular weight excluding hydrogens is 736 g/mol. The van der Waals surface area contributed by atoms with Crippen LogP contribution in [0.2, 0.25) is 0 Å². The number of hydrogen-bond acceptors (Lipinski definition) is 12. The number of hydrogen-bond donors (Lipinski definition) is 8. The first-order valence-electron chi connectivity index (χ1n) is 14.0. The molecule has 17 heteroatoms. The standard InChI is InChI=1S/4C9H8O4.Ti/c4*10-7-3-1-6(5-8(7)11)2-4-9(12)13;/h4*1-5,10-11H,(H,12,13);/q;;;;+4/p-4/b4*4-2+;. The van der Waals surface area contributed by atoms with Crippen LogP contribution in [0.3, 0.4) is 0 Å². The Morgan fingerprint density at radius 1 is 0.377 bits per heavy atom. The summed E-state index contributed by atoms with van der Waals surface area (Å²) in [6.45, 7) is 0. The van der Waals surface area contributed by atoms with Crippen LogP contribution in [0.4, 0.5) is 0 Å². The molecule has 0 aliphatic heterocycles. The molecule has 0 heterocycles. The van der Waals surface area contributed by atoms with Crippen molar-refractivity contribution in [1.29, 1.82) is 0 Å². The fourth-order valence-corrected chi connectivity index (χ4v) is 3.22. The van der Waals surface area contributed by atoms with Crippen LogP contribution >= 0.6 is 0 Å². The number of aliphatic carboxylic acids is 4. The maximum atomic E-state index is 10.7. The van der Waals surface area contributed by atoms with Crippen LogP contribution in [0.5, 0.6) is 46.0 Å². The number of phenolic OH excluding ortho intramolecular Hbond substituents is 4. The van der Waals surface area contributed by atoms with Crippen molar-refractivity contribution >= 4 is 48.2 Å². The molecule has 0 radical (unpaired) electrons. The number of rotatable bonds is 8. The van der Waals surface area contributed by atoms with E-state index in [1.165, 1.54) is 97.1 Å². The van der Waals surface area contributed by atoms with Gasteiger partial charge in [0.2, 0.25) is 0 Å². The molecule has 8 N–H and O–H groups in total. The number of carboxylic acid groups (broad SMARTS) is 4. The zero-order valence-electron chi connectivity index (χ0n) is 26.9. The SMILES string of the molecule is O=C(O)/C=C/c1ccc([O-])c(O)c1.O=C(O)/C=C/c1ccc([O-])c(O)c1.O=C(O)/C=C/c1ccc([O-])c(O)c1.O=C(O)/C=C/c1ccc([O-])c(O)c1.[Ti+4]. The smallest absolute Gasteiger partial charge is 0.870 e. The first kappa shape index (κ1) is 45.8. The maximum absolute atomic E-state index is 10.7. The van der Waals surface area contributed by atoms with Gasteiger partial charge in [-0.15, -0.1) is 0 Å². The number of carbonyl (C=O) groups is 4. The summed E-state index contributed by atoms with van der Waals surface area (Å²) in [5.41, 5.74) is 1.89. The average molecular weight is 764 g/mol. The van der Waals surface area contributed by atoms with Crippen LogP contribution in [0.1, 0.15) is 22.3 Å². The van der Waals surface area contributed by atoms with Crippen molar-refractivity contribution in [2.24, 2.45) is 0 Å². The fraction of sp³-hybridized carbons (Fsp3) is 0. The molecular formula is C36H28O16Ti. The first-order chi connectivity index (χ1) is 24.4. The molecule has 0 aliphatic carbocycles. The van der Waals surface area contributed by atoms with Gasteiger partial charge in [-0.3, -0.25) is 0 Å². The summed E-state index contributed by atoms with van der Waals surface area (Å²) in [6.07, 6.45) is 8.89. The van der Waals surface area contributed by atoms with Gasteiger partial charge in [-0.1, -0.05) is 71.5 Å². The minimum Gasteiger partial charge on any atom is -0.870 e. The van der Waals surface area contributed by atoms with Gasteiger partial charge in [0.15, 0.2) is 0 Å². The quantitative estimate of drug-likeness (QED) is 0.0942. The number of aromatic hydroxyl groups is 4. The molecule has 4 aromatic carbocycles. The minimum atomic E-state index is -1.08. The van der Waals surface area contributed by atoms with E-state index in [4.69, 9.17) is 40.9 Å². The predicted octanol–water partition coefficient (Wildman–Crippen LogP) is 2.25. The van der Waals surface area contributed by atoms with Crippen LogP contribution in [-0.4, -0.2) is 64.7 Å². The Bertz CT molecular complexity index is 1710. The third-order valence-corrected chi connectivity index (χ3v) is 5.61. The van der Waals surface area contributed by atoms with Crippen LogP contribution in [0, 0.1) is 0 Å². The topological polar surface area (TPSA) is 322 Å². The Morgan fingerprint density at radius 3 is 0.679 bits per heavy atom. The minimum absolute atomic E-state index is 0. The Hall–Kier alpha value is -7.17. The van der Waals surface area contributed by atoms with Gasteiger partial charge in [0, 0.05) is 24.3 Å². The largest absolute Gasteiger partial charge is 4.00 e. The zero-order chi connectivity index (χ0) is 39.4. The monoisotopic (exact) mass is 764 g/mol. The Kier molecular flexibility index (Phi) is 20.1. The Balaban J connectivity index is 0.000000676. The van der Waals surface area contributed by atoms with Crippen molar-refractivity contribution in [2.75, 3.05) is 0 Å². The van der Waals surface area contributed by atoms with Crippen LogP contribution in [-0.2, 0) is 40.9 Å². The van der Waals surface area contributed by atoms with Gasteiger partial charge in [0.1, 0.15) is 23.0 Å². The molecule has 0 atom stereocenters. The van der Waals surface area contributed by atoms with Crippen LogP contribution < -0.4 is 20.4 Å². The van der Waals surface area contributed by atoms with Gasteiger partial charge in [-0.2, -0.15) is 0 Å². The van der Waals surface area contributed by atoms with E-state index in [0.29, 0.717) is 22.3 Å². The summed E-state index contributed by atoms with van der Waals surface area (Å²) in [5.74, 6) is -7.76. The van der Waals surface area contributed by atoms with E-state index >= 15 is 0 Å². The molecule has 4 rings (SSSR count). The molecule has 0 fully saturated rings. The average Bonchev–Trinajstić information content (AvgIpc) is 3.07. The van der Waals surface area contributed by atoms with Crippen molar-refractivity contribution in [1.82, 2.24) is 0 Å². The Labute approximate surface area is 314 Å². The van der Waals surface area contributed by atoms with Crippen molar-refractivity contribution in [3.63, 3.8) is 0 Å². The number of carboxylic acids is 4. The van der Waals surface area contributed by atoms with Crippen molar-refractivity contribution in [3.05, 3.63) is 119 Å². The second kappa shape index (κ2) is 23.3. The zero-order valence-corrected chi connectivity index (χ0v) is 28.5. The number of benzene rings is 4. The van der Waals surface area contributed by atoms with Gasteiger partial charge in [-0.05, 0) is 70.8 Å². The second-order valence-corrected chi connectivity index (χ2v) is 9.59. The van der Waals surface area contributed by atoms with Crippen LogP contribution in [0.25, 0.3) is 24.3 Å². The maximum Gasteiger partial charge on any atom is 4.00 e. The van der Waals surface area contributed by atoms with E-state index < -0.39 is 46.9 Å². The molecule has 272 valence electrons. The van der Waals surface area contributed by atoms with E-state index in [2.05, 4.69) is 0 Å². The van der Waals surface area contributed by atoms with Gasteiger partial charge in [-0.25, -0.2) is 19.2 Å². The molecule has 0 amide bonds. The van der Waals surface area contributed by atoms with E-state index in [1.54, 1.807) is 0 Å². The van der Waals surface area contributed by atoms with Gasteiger partial charge < -0.3 is 61.3 Å². The van der Waals surface area contributed by atoms with E-state index in [-0.39, 0.29) is 44.7 Å². The molecule has 0 bridgehead atoms. The van der Waals surface area contributed by atoms with Crippen LogP contribution in [0.15, 0.2) is 97.1 Å². The Morgan fingerprint density at radius 2 is 0.547 bits per heavy atom.